The van der Waals surface area contributed by atoms with E-state index in [0.29, 0.717) is 5.75 Å². The van der Waals surface area contributed by atoms with E-state index < -0.39 is 17.7 Å². The molecule has 0 aliphatic heterocycles. The van der Waals surface area contributed by atoms with Crippen LogP contribution in [0.1, 0.15) is 0 Å². The zero-order valence-corrected chi connectivity index (χ0v) is 19.2. The molecule has 1 aromatic rings. The van der Waals surface area contributed by atoms with E-state index in [9.17, 15) is 19.2 Å². The standard InChI is InChI=1S/C14H20N5O5S2.Y/c1-25-26-9-8-24-14(23)16-3-5-18(6-7-20)12(21)10-19-4-2-11(15)17-13(19)22;/h2,4H,3,5-6,8-10H2,1H3,(H,16,23)(H2,15,17,22);/q-1;. The summed E-state index contributed by atoms with van der Waals surface area (Å²) in [5, 5.41) is 2.49. The number of alkyl carbamates (subject to hydrolysis) is 1. The third-order valence-electron chi connectivity index (χ3n) is 2.98. The Morgan fingerprint density at radius 2 is 2.22 bits per heavy atom. The third-order valence-corrected chi connectivity index (χ3v) is 4.75. The molecule has 0 saturated carbocycles. The van der Waals surface area contributed by atoms with Crippen LogP contribution in [0.15, 0.2) is 17.1 Å². The average Bonchev–Trinajstić information content (AvgIpc) is 2.60. The number of carbonyl (C=O) groups is 2. The van der Waals surface area contributed by atoms with Gasteiger partial charge in [-0.1, -0.05) is 28.1 Å². The number of amides is 2. The van der Waals surface area contributed by atoms with Gasteiger partial charge in [0.2, 0.25) is 5.91 Å². The normalized spacial score (nSPS) is 9.81. The molecule has 0 atom stereocenters. The van der Waals surface area contributed by atoms with E-state index in [-0.39, 0.29) is 71.3 Å². The van der Waals surface area contributed by atoms with Crippen molar-refractivity contribution in [3.05, 3.63) is 22.7 Å². The molecule has 1 radical (unpaired) electrons. The Labute approximate surface area is 189 Å². The number of hydrogen-bond donors (Lipinski definition) is 2. The summed E-state index contributed by atoms with van der Waals surface area (Å²) in [6.07, 6.45) is 4.29. The summed E-state index contributed by atoms with van der Waals surface area (Å²) < 4.78 is 6.01. The molecule has 2 amide bonds. The molecule has 0 saturated heterocycles. The molecular formula is C14H20N5O5S2Y-. The van der Waals surface area contributed by atoms with Gasteiger partial charge in [0.15, 0.2) is 0 Å². The second-order valence-electron chi connectivity index (χ2n) is 4.77. The molecule has 1 heterocycles. The van der Waals surface area contributed by atoms with Crippen LogP contribution < -0.4 is 16.7 Å². The van der Waals surface area contributed by atoms with E-state index in [0.717, 1.165) is 4.57 Å². The van der Waals surface area contributed by atoms with Crippen LogP contribution in [0.4, 0.5) is 10.6 Å². The van der Waals surface area contributed by atoms with Crippen molar-refractivity contribution in [2.45, 2.75) is 6.54 Å². The molecule has 1 aromatic heterocycles. The van der Waals surface area contributed by atoms with E-state index in [2.05, 4.69) is 10.3 Å². The summed E-state index contributed by atoms with van der Waals surface area (Å²) in [6.45, 7) is -0.146. The summed E-state index contributed by atoms with van der Waals surface area (Å²) >= 11 is 0. The molecule has 27 heavy (non-hydrogen) atoms. The zero-order valence-electron chi connectivity index (χ0n) is 14.8. The Kier molecular flexibility index (Phi) is 14.3. The number of nitrogens with one attached hydrogen (secondary N) is 1. The van der Waals surface area contributed by atoms with E-state index in [1.54, 1.807) is 27.9 Å². The number of carbonyl (C=O) groups excluding carboxylic acids is 3. The van der Waals surface area contributed by atoms with Crippen LogP contribution in [0.3, 0.4) is 0 Å². The van der Waals surface area contributed by atoms with E-state index in [1.165, 1.54) is 17.2 Å². The van der Waals surface area contributed by atoms with Crippen molar-refractivity contribution >= 4 is 45.7 Å². The van der Waals surface area contributed by atoms with Crippen molar-refractivity contribution in [3.8, 4) is 0 Å². The average molecular weight is 491 g/mol. The van der Waals surface area contributed by atoms with Gasteiger partial charge >= 0.3 is 11.8 Å². The van der Waals surface area contributed by atoms with Crippen LogP contribution in [-0.4, -0.2) is 71.0 Å². The maximum Gasteiger partial charge on any atom is 0.407 e. The predicted molar refractivity (Wildman–Crippen MR) is 101 cm³/mol. The molecule has 0 aliphatic carbocycles. The van der Waals surface area contributed by atoms with E-state index in [4.69, 9.17) is 10.5 Å². The van der Waals surface area contributed by atoms with Crippen molar-refractivity contribution in [2.24, 2.45) is 0 Å². The molecule has 0 fully saturated rings. The van der Waals surface area contributed by atoms with Gasteiger partial charge in [0, 0.05) is 57.7 Å². The van der Waals surface area contributed by atoms with Crippen molar-refractivity contribution in [3.63, 3.8) is 0 Å². The molecule has 0 aliphatic rings. The summed E-state index contributed by atoms with van der Waals surface area (Å²) in [4.78, 5) is 50.7. The molecule has 0 spiro atoms. The van der Waals surface area contributed by atoms with Crippen LogP contribution >= 0.6 is 21.6 Å². The maximum absolute atomic E-state index is 12.2. The van der Waals surface area contributed by atoms with Gasteiger partial charge in [-0.05, 0) is 12.3 Å². The topological polar surface area (TPSA) is 137 Å². The summed E-state index contributed by atoms with van der Waals surface area (Å²) in [5.74, 6) is 0.230. The van der Waals surface area contributed by atoms with E-state index in [1.807, 2.05) is 6.26 Å². The molecule has 0 aromatic carbocycles. The molecular weight excluding hydrogens is 471 g/mol. The fraction of sp³-hybridized carbons (Fsp3) is 0.500. The first kappa shape index (κ1) is 25.9. The smallest absolute Gasteiger partial charge is 0.407 e. The monoisotopic (exact) mass is 491 g/mol. The number of anilines is 1. The maximum atomic E-state index is 12.2. The van der Waals surface area contributed by atoms with Crippen molar-refractivity contribution < 1.29 is 51.8 Å². The first-order valence-electron chi connectivity index (χ1n) is 7.50. The molecule has 1 rings (SSSR count). The number of hydrogen-bond acceptors (Lipinski definition) is 9. The summed E-state index contributed by atoms with van der Waals surface area (Å²) in [6, 6.07) is 1.39. The Morgan fingerprint density at radius 1 is 1.48 bits per heavy atom. The first-order valence-corrected chi connectivity index (χ1v) is 10.2. The molecule has 10 nitrogen and oxygen atoms in total. The largest absolute Gasteiger partial charge is 0.540 e. The van der Waals surface area contributed by atoms with Gasteiger partial charge in [-0.25, -0.2) is 15.9 Å². The number of rotatable bonds is 11. The Morgan fingerprint density at radius 3 is 2.85 bits per heavy atom. The molecule has 147 valence electrons. The predicted octanol–water partition coefficient (Wildman–Crippen LogP) is -0.501. The minimum atomic E-state index is -0.668. The first-order chi connectivity index (χ1) is 12.5. The number of ether oxygens (including phenoxy) is 1. The second kappa shape index (κ2) is 14.9. The van der Waals surface area contributed by atoms with Crippen LogP contribution in [-0.2, 0) is 53.6 Å². The van der Waals surface area contributed by atoms with Gasteiger partial charge in [-0.2, -0.15) is 4.98 Å². The van der Waals surface area contributed by atoms with Crippen molar-refractivity contribution in [1.29, 1.82) is 0 Å². The fourth-order valence-corrected chi connectivity index (χ4v) is 2.80. The van der Waals surface area contributed by atoms with Crippen LogP contribution in [0.25, 0.3) is 0 Å². The van der Waals surface area contributed by atoms with Crippen LogP contribution in [0.5, 0.6) is 0 Å². The Balaban J connectivity index is 0.00000676. The zero-order chi connectivity index (χ0) is 19.4. The molecule has 0 bridgehead atoms. The minimum Gasteiger partial charge on any atom is -0.540 e. The summed E-state index contributed by atoms with van der Waals surface area (Å²) in [7, 11) is 3.14. The number of nitrogens with two attached hydrogens (primary N) is 1. The summed E-state index contributed by atoms with van der Waals surface area (Å²) in [5.41, 5.74) is 4.72. The van der Waals surface area contributed by atoms with Crippen LogP contribution in [0, 0.1) is 0 Å². The number of aromatic nitrogens is 2. The third kappa shape index (κ3) is 10.7. The molecule has 0 unspecified atom stereocenters. The van der Waals surface area contributed by atoms with Gasteiger partial charge in [-0.15, -0.1) is 0 Å². The van der Waals surface area contributed by atoms with Gasteiger partial charge in [0.1, 0.15) is 19.0 Å². The van der Waals surface area contributed by atoms with Crippen molar-refractivity contribution in [2.75, 3.05) is 44.0 Å². The molecule has 3 N–H and O–H groups in total. The number of nitrogen functional groups attached to an aromatic ring is 1. The minimum absolute atomic E-state index is 0. The fourth-order valence-electron chi connectivity index (χ4n) is 1.77. The van der Waals surface area contributed by atoms with Gasteiger partial charge in [-0.3, -0.25) is 9.36 Å². The quantitative estimate of drug-likeness (QED) is 0.238. The van der Waals surface area contributed by atoms with Gasteiger partial charge in [0.05, 0.1) is 0 Å². The molecule has 13 heteroatoms. The van der Waals surface area contributed by atoms with Crippen LogP contribution in [0.2, 0.25) is 0 Å². The Hall–Kier alpha value is -1.11. The number of nitrogens with zero attached hydrogens (tertiary/aromatic N) is 3. The van der Waals surface area contributed by atoms with E-state index >= 15 is 0 Å². The SMILES string of the molecule is CSSCCOC(=O)NCCN(C[C-]=O)C(=O)Cn1ccc(N)nc1=O.[Y]. The second-order valence-corrected chi connectivity index (χ2v) is 7.46. The van der Waals surface area contributed by atoms with Crippen molar-refractivity contribution in [1.82, 2.24) is 19.8 Å². The van der Waals surface area contributed by atoms with Gasteiger partial charge < -0.3 is 25.5 Å². The van der Waals surface area contributed by atoms with Gasteiger partial charge in [0.25, 0.3) is 0 Å². The Bertz CT molecular complexity index is 676.